The third-order valence-corrected chi connectivity index (χ3v) is 5.51. The van der Waals surface area contributed by atoms with Gasteiger partial charge in [-0.25, -0.2) is 0 Å². The molecule has 27 heavy (non-hydrogen) atoms. The summed E-state index contributed by atoms with van der Waals surface area (Å²) in [5, 5.41) is 15.3. The van der Waals surface area contributed by atoms with Gasteiger partial charge in [-0.05, 0) is 49.6 Å². The van der Waals surface area contributed by atoms with Crippen molar-refractivity contribution in [2.45, 2.75) is 24.8 Å². The van der Waals surface area contributed by atoms with Crippen LogP contribution in [0.15, 0.2) is 51.5 Å². The van der Waals surface area contributed by atoms with E-state index in [1.165, 1.54) is 11.8 Å². The molecule has 138 valence electrons. The highest BCUT2D eigenvalue weighted by Crippen LogP contribution is 2.27. The molecule has 0 unspecified atom stereocenters. The van der Waals surface area contributed by atoms with Crippen LogP contribution in [0.25, 0.3) is 16.4 Å². The maximum absolute atomic E-state index is 5.50. The number of aromatic nitrogens is 5. The highest BCUT2D eigenvalue weighted by molar-refractivity contribution is 7.98. The molecule has 0 saturated heterocycles. The monoisotopic (exact) mass is 399 g/mol. The fraction of sp³-hybridized carbons (Fsp3) is 0.222. The molecule has 3 aromatic heterocycles. The van der Waals surface area contributed by atoms with Crippen LogP contribution >= 0.6 is 23.1 Å². The first-order chi connectivity index (χ1) is 13.2. The summed E-state index contributed by atoms with van der Waals surface area (Å²) in [7, 11) is 0. The topological polar surface area (TPSA) is 78.9 Å². The van der Waals surface area contributed by atoms with Gasteiger partial charge in [-0.15, -0.1) is 21.5 Å². The van der Waals surface area contributed by atoms with E-state index in [2.05, 4.69) is 20.3 Å². The maximum atomic E-state index is 5.50. The Morgan fingerprint density at radius 1 is 1.19 bits per heavy atom. The lowest BCUT2D eigenvalue weighted by atomic mass is 10.3. The molecule has 0 N–H and O–H groups in total. The zero-order valence-corrected chi connectivity index (χ0v) is 16.5. The quantitative estimate of drug-likeness (QED) is 0.427. The molecular formula is C18H17N5O2S2. The minimum atomic E-state index is 0.521. The van der Waals surface area contributed by atoms with Gasteiger partial charge in [0.05, 0.1) is 17.2 Å². The van der Waals surface area contributed by atoms with Gasteiger partial charge in [0.25, 0.3) is 0 Å². The van der Waals surface area contributed by atoms with Gasteiger partial charge in [0.15, 0.2) is 5.16 Å². The number of benzene rings is 1. The van der Waals surface area contributed by atoms with Gasteiger partial charge in [0, 0.05) is 5.69 Å². The van der Waals surface area contributed by atoms with Crippen LogP contribution in [0.2, 0.25) is 0 Å². The van der Waals surface area contributed by atoms with Crippen molar-refractivity contribution in [1.29, 1.82) is 0 Å². The van der Waals surface area contributed by atoms with Crippen LogP contribution in [0, 0.1) is 6.92 Å². The first kappa shape index (κ1) is 17.7. The van der Waals surface area contributed by atoms with E-state index in [-0.39, 0.29) is 0 Å². The van der Waals surface area contributed by atoms with E-state index in [9.17, 15) is 0 Å². The Morgan fingerprint density at radius 3 is 2.78 bits per heavy atom. The normalized spacial score (nSPS) is 11.0. The zero-order chi connectivity index (χ0) is 18.6. The predicted molar refractivity (Wildman–Crippen MR) is 104 cm³/mol. The summed E-state index contributed by atoms with van der Waals surface area (Å²) in [6.07, 6.45) is 0. The fourth-order valence-electron chi connectivity index (χ4n) is 2.54. The summed E-state index contributed by atoms with van der Waals surface area (Å²) in [5.74, 6) is 3.35. The van der Waals surface area contributed by atoms with Crippen molar-refractivity contribution in [1.82, 2.24) is 24.9 Å². The van der Waals surface area contributed by atoms with Gasteiger partial charge < -0.3 is 9.26 Å². The van der Waals surface area contributed by atoms with E-state index in [0.29, 0.717) is 24.1 Å². The predicted octanol–water partition coefficient (Wildman–Crippen LogP) is 4.38. The van der Waals surface area contributed by atoms with E-state index < -0.39 is 0 Å². The minimum absolute atomic E-state index is 0.521. The standard InChI is InChI=1S/C18H17N5O2S2/c1-3-24-14-8-6-13(7-9-14)23-12(2)20-21-18(23)27-11-16-19-17(22-25-16)15-5-4-10-26-15/h4-10H,3,11H2,1-2H3. The molecule has 7 nitrogen and oxygen atoms in total. The summed E-state index contributed by atoms with van der Waals surface area (Å²) in [6.45, 7) is 4.53. The summed E-state index contributed by atoms with van der Waals surface area (Å²) in [6, 6.07) is 11.8. The molecule has 0 aliphatic rings. The number of nitrogens with zero attached hydrogens (tertiary/aromatic N) is 5. The lowest BCUT2D eigenvalue weighted by Crippen LogP contribution is -2.00. The van der Waals surface area contributed by atoms with Gasteiger partial charge in [0.1, 0.15) is 11.6 Å². The second kappa shape index (κ2) is 7.93. The number of hydrogen-bond donors (Lipinski definition) is 0. The summed E-state index contributed by atoms with van der Waals surface area (Å²) in [4.78, 5) is 5.44. The first-order valence-electron chi connectivity index (χ1n) is 8.39. The Morgan fingerprint density at radius 2 is 2.04 bits per heavy atom. The molecule has 0 saturated carbocycles. The Kier molecular flexibility index (Phi) is 5.21. The second-order valence-electron chi connectivity index (χ2n) is 5.57. The number of thiophene rings is 1. The van der Waals surface area contributed by atoms with E-state index in [4.69, 9.17) is 9.26 Å². The van der Waals surface area contributed by atoms with Crippen LogP contribution < -0.4 is 4.74 Å². The van der Waals surface area contributed by atoms with E-state index in [1.54, 1.807) is 11.3 Å². The number of aryl methyl sites for hydroxylation is 1. The summed E-state index contributed by atoms with van der Waals surface area (Å²) >= 11 is 3.09. The molecule has 0 atom stereocenters. The van der Waals surface area contributed by atoms with Gasteiger partial charge in [-0.2, -0.15) is 4.98 Å². The third-order valence-electron chi connectivity index (χ3n) is 3.74. The Hall–Kier alpha value is -2.65. The number of hydrogen-bond acceptors (Lipinski definition) is 8. The molecule has 3 heterocycles. The third kappa shape index (κ3) is 3.88. The van der Waals surface area contributed by atoms with Crippen molar-refractivity contribution in [2.24, 2.45) is 0 Å². The highest BCUT2D eigenvalue weighted by atomic mass is 32.2. The molecule has 0 aliphatic heterocycles. The molecule has 0 spiro atoms. The van der Waals surface area contributed by atoms with Gasteiger partial charge in [0.2, 0.25) is 11.7 Å². The Bertz CT molecular complexity index is 1010. The number of ether oxygens (including phenoxy) is 1. The van der Waals surface area contributed by atoms with Crippen LogP contribution in [-0.2, 0) is 5.75 Å². The molecule has 4 aromatic rings. The number of rotatable bonds is 7. The van der Waals surface area contributed by atoms with Gasteiger partial charge in [-0.1, -0.05) is 23.0 Å². The molecule has 9 heteroatoms. The van der Waals surface area contributed by atoms with Crippen molar-refractivity contribution < 1.29 is 9.26 Å². The van der Waals surface area contributed by atoms with Crippen LogP contribution in [-0.4, -0.2) is 31.5 Å². The molecule has 4 rings (SSSR count). The Balaban J connectivity index is 1.50. The van der Waals surface area contributed by atoms with Crippen LogP contribution in [0.1, 0.15) is 18.6 Å². The van der Waals surface area contributed by atoms with E-state index in [0.717, 1.165) is 27.3 Å². The van der Waals surface area contributed by atoms with Crippen molar-refractivity contribution in [3.05, 3.63) is 53.5 Å². The lowest BCUT2D eigenvalue weighted by molar-refractivity contribution is 0.340. The summed E-state index contributed by atoms with van der Waals surface area (Å²) in [5.41, 5.74) is 0.980. The molecule has 0 fully saturated rings. The largest absolute Gasteiger partial charge is 0.494 e. The van der Waals surface area contributed by atoms with Crippen LogP contribution in [0.3, 0.4) is 0 Å². The second-order valence-corrected chi connectivity index (χ2v) is 7.46. The SMILES string of the molecule is CCOc1ccc(-n2c(C)nnc2SCc2nc(-c3cccs3)no2)cc1. The van der Waals surface area contributed by atoms with Gasteiger partial charge in [-0.3, -0.25) is 4.57 Å². The van der Waals surface area contributed by atoms with Crippen molar-refractivity contribution in [2.75, 3.05) is 6.61 Å². The molecule has 0 bridgehead atoms. The molecule has 1 aromatic carbocycles. The molecule has 0 aliphatic carbocycles. The van der Waals surface area contributed by atoms with Gasteiger partial charge >= 0.3 is 0 Å². The maximum Gasteiger partial charge on any atom is 0.237 e. The first-order valence-corrected chi connectivity index (χ1v) is 10.3. The summed E-state index contributed by atoms with van der Waals surface area (Å²) < 4.78 is 12.9. The lowest BCUT2D eigenvalue weighted by Gasteiger charge is -2.09. The smallest absolute Gasteiger partial charge is 0.237 e. The van der Waals surface area contributed by atoms with Crippen molar-refractivity contribution in [3.63, 3.8) is 0 Å². The Labute approximate surface area is 164 Å². The molecule has 0 amide bonds. The zero-order valence-electron chi connectivity index (χ0n) is 14.8. The molecular weight excluding hydrogens is 382 g/mol. The molecule has 0 radical (unpaired) electrons. The van der Waals surface area contributed by atoms with E-state index >= 15 is 0 Å². The minimum Gasteiger partial charge on any atom is -0.494 e. The fourth-order valence-corrected chi connectivity index (χ4v) is 4.02. The van der Waals surface area contributed by atoms with Crippen molar-refractivity contribution in [3.8, 4) is 22.1 Å². The average Bonchev–Trinajstić information content (AvgIpc) is 3.42. The van der Waals surface area contributed by atoms with E-state index in [1.807, 2.05) is 60.2 Å². The van der Waals surface area contributed by atoms with Crippen LogP contribution in [0.5, 0.6) is 5.75 Å². The van der Waals surface area contributed by atoms with Crippen molar-refractivity contribution >= 4 is 23.1 Å². The average molecular weight is 400 g/mol. The highest BCUT2D eigenvalue weighted by Gasteiger charge is 2.15. The number of thioether (sulfide) groups is 1. The van der Waals surface area contributed by atoms with Crippen LogP contribution in [0.4, 0.5) is 0 Å².